The Morgan fingerprint density at radius 2 is 2.07 bits per heavy atom. The number of allylic oxidation sites excluding steroid dienone is 1. The number of methoxy groups -OCH3 is 1. The third-order valence-electron chi connectivity index (χ3n) is 4.27. The van der Waals surface area contributed by atoms with E-state index in [4.69, 9.17) is 14.2 Å². The van der Waals surface area contributed by atoms with Crippen molar-refractivity contribution in [3.63, 3.8) is 0 Å². The van der Waals surface area contributed by atoms with Crippen LogP contribution >= 0.6 is 0 Å². The summed E-state index contributed by atoms with van der Waals surface area (Å²) in [4.78, 5) is 23.9. The molecule has 3 rings (SSSR count). The number of ether oxygens (including phenoxy) is 3. The molecule has 2 aromatic rings. The quantitative estimate of drug-likeness (QED) is 0.423. The topological polar surface area (TPSA) is 73.9 Å². The van der Waals surface area contributed by atoms with Crippen molar-refractivity contribution in [2.75, 3.05) is 25.6 Å². The first kappa shape index (κ1) is 19.5. The third-order valence-corrected chi connectivity index (χ3v) is 4.27. The lowest BCUT2D eigenvalue weighted by Crippen LogP contribution is -2.25. The van der Waals surface area contributed by atoms with Gasteiger partial charge in [-0.2, -0.15) is 0 Å². The maximum atomic E-state index is 12.5. The number of rotatable bonds is 8. The standard InChI is InChI=1S/C22H23NO5/c1-3-4-11-27-21-12-15(6-9-20(21)26-2)5-8-18(24)16-7-10-19-17(13-16)23-22(25)14-28-19/h5-10,12-13H,3-4,11,14H2,1-2H3,(H,23,25)/b8-5+. The average molecular weight is 381 g/mol. The van der Waals surface area contributed by atoms with Gasteiger partial charge in [0.2, 0.25) is 0 Å². The van der Waals surface area contributed by atoms with Crippen LogP contribution in [0.1, 0.15) is 35.7 Å². The fourth-order valence-electron chi connectivity index (χ4n) is 2.74. The van der Waals surface area contributed by atoms with E-state index in [9.17, 15) is 9.59 Å². The summed E-state index contributed by atoms with van der Waals surface area (Å²) in [6.45, 7) is 2.70. The summed E-state index contributed by atoms with van der Waals surface area (Å²) in [7, 11) is 1.60. The number of anilines is 1. The number of ketones is 1. The molecule has 1 heterocycles. The molecular weight excluding hydrogens is 358 g/mol. The Hall–Kier alpha value is -3.28. The van der Waals surface area contributed by atoms with Gasteiger partial charge < -0.3 is 19.5 Å². The van der Waals surface area contributed by atoms with Crippen LogP contribution in [-0.2, 0) is 4.79 Å². The van der Waals surface area contributed by atoms with E-state index < -0.39 is 0 Å². The van der Waals surface area contributed by atoms with Crippen LogP contribution in [0.5, 0.6) is 17.2 Å². The Bertz CT molecular complexity index is 904. The number of carbonyl (C=O) groups excluding carboxylic acids is 2. The molecule has 0 fully saturated rings. The number of hydrogen-bond acceptors (Lipinski definition) is 5. The zero-order valence-electron chi connectivity index (χ0n) is 16.0. The Kier molecular flexibility index (Phi) is 6.32. The van der Waals surface area contributed by atoms with Crippen molar-refractivity contribution in [3.8, 4) is 17.2 Å². The van der Waals surface area contributed by atoms with Crippen LogP contribution in [0.2, 0.25) is 0 Å². The van der Waals surface area contributed by atoms with Crippen LogP contribution in [0.15, 0.2) is 42.5 Å². The molecule has 0 saturated carbocycles. The monoisotopic (exact) mass is 381 g/mol. The summed E-state index contributed by atoms with van der Waals surface area (Å²) in [6, 6.07) is 10.5. The number of carbonyl (C=O) groups is 2. The van der Waals surface area contributed by atoms with Crippen molar-refractivity contribution in [2.24, 2.45) is 0 Å². The lowest BCUT2D eigenvalue weighted by atomic mass is 10.1. The van der Waals surface area contributed by atoms with E-state index in [2.05, 4.69) is 12.2 Å². The maximum Gasteiger partial charge on any atom is 0.262 e. The van der Waals surface area contributed by atoms with Gasteiger partial charge in [0.25, 0.3) is 5.91 Å². The molecule has 146 valence electrons. The second-order valence-electron chi connectivity index (χ2n) is 6.36. The third kappa shape index (κ3) is 4.71. The van der Waals surface area contributed by atoms with Gasteiger partial charge in [0, 0.05) is 5.56 Å². The SMILES string of the molecule is CCCCOc1cc(/C=C/C(=O)c2ccc3c(c2)NC(=O)CO3)ccc1OC. The molecular formula is C22H23NO5. The van der Waals surface area contributed by atoms with Gasteiger partial charge >= 0.3 is 0 Å². The van der Waals surface area contributed by atoms with E-state index in [1.54, 1.807) is 31.4 Å². The van der Waals surface area contributed by atoms with Crippen LogP contribution in [-0.4, -0.2) is 32.0 Å². The number of benzene rings is 2. The van der Waals surface area contributed by atoms with Gasteiger partial charge in [-0.05, 0) is 48.4 Å². The normalized spacial score (nSPS) is 12.9. The zero-order valence-corrected chi connectivity index (χ0v) is 16.0. The van der Waals surface area contributed by atoms with Gasteiger partial charge in [-0.25, -0.2) is 0 Å². The molecule has 1 amide bonds. The van der Waals surface area contributed by atoms with Crippen molar-refractivity contribution >= 4 is 23.5 Å². The van der Waals surface area contributed by atoms with Crippen LogP contribution in [0.3, 0.4) is 0 Å². The molecule has 6 nitrogen and oxygen atoms in total. The molecule has 0 aliphatic carbocycles. The van der Waals surface area contributed by atoms with Gasteiger partial charge in [-0.3, -0.25) is 9.59 Å². The maximum absolute atomic E-state index is 12.5. The second kappa shape index (κ2) is 9.08. The molecule has 0 unspecified atom stereocenters. The highest BCUT2D eigenvalue weighted by Gasteiger charge is 2.17. The highest BCUT2D eigenvalue weighted by atomic mass is 16.5. The minimum absolute atomic E-state index is 0.0136. The van der Waals surface area contributed by atoms with E-state index in [-0.39, 0.29) is 18.3 Å². The number of hydrogen-bond donors (Lipinski definition) is 1. The molecule has 0 aromatic heterocycles. The zero-order chi connectivity index (χ0) is 19.9. The van der Waals surface area contributed by atoms with Gasteiger partial charge in [-0.15, -0.1) is 0 Å². The van der Waals surface area contributed by atoms with E-state index in [0.29, 0.717) is 35.1 Å². The molecule has 0 radical (unpaired) electrons. The number of unbranched alkanes of at least 4 members (excludes halogenated alkanes) is 1. The van der Waals surface area contributed by atoms with E-state index in [0.717, 1.165) is 18.4 Å². The predicted molar refractivity (Wildman–Crippen MR) is 107 cm³/mol. The van der Waals surface area contributed by atoms with Gasteiger partial charge in [0.1, 0.15) is 5.75 Å². The van der Waals surface area contributed by atoms with Crippen LogP contribution in [0.4, 0.5) is 5.69 Å². The first-order valence-electron chi connectivity index (χ1n) is 9.20. The van der Waals surface area contributed by atoms with Crippen LogP contribution in [0.25, 0.3) is 6.08 Å². The average Bonchev–Trinajstić information content (AvgIpc) is 2.71. The van der Waals surface area contributed by atoms with E-state index >= 15 is 0 Å². The molecule has 0 saturated heterocycles. The van der Waals surface area contributed by atoms with Gasteiger partial charge in [0.05, 0.1) is 19.4 Å². The van der Waals surface area contributed by atoms with Crippen molar-refractivity contribution in [1.29, 1.82) is 0 Å². The highest BCUT2D eigenvalue weighted by Crippen LogP contribution is 2.30. The van der Waals surface area contributed by atoms with Crippen molar-refractivity contribution in [3.05, 3.63) is 53.6 Å². The summed E-state index contributed by atoms with van der Waals surface area (Å²) in [5.41, 5.74) is 1.80. The Morgan fingerprint density at radius 1 is 1.21 bits per heavy atom. The van der Waals surface area contributed by atoms with E-state index in [1.165, 1.54) is 6.08 Å². The summed E-state index contributed by atoms with van der Waals surface area (Å²) >= 11 is 0. The molecule has 0 bridgehead atoms. The fourth-order valence-corrected chi connectivity index (χ4v) is 2.74. The smallest absolute Gasteiger partial charge is 0.262 e. The number of nitrogens with one attached hydrogen (secondary N) is 1. The minimum atomic E-state index is -0.235. The van der Waals surface area contributed by atoms with Crippen LogP contribution in [0, 0.1) is 0 Å². The Morgan fingerprint density at radius 3 is 2.86 bits per heavy atom. The Labute approximate surface area is 164 Å². The largest absolute Gasteiger partial charge is 0.493 e. The summed E-state index contributed by atoms with van der Waals surface area (Å²) < 4.78 is 16.4. The number of fused-ring (bicyclic) bond motifs is 1. The lowest BCUT2D eigenvalue weighted by Gasteiger charge is -2.17. The minimum Gasteiger partial charge on any atom is -0.493 e. The van der Waals surface area contributed by atoms with Gasteiger partial charge in [-0.1, -0.05) is 25.5 Å². The molecule has 1 N–H and O–H groups in total. The first-order chi connectivity index (χ1) is 13.6. The fraction of sp³-hybridized carbons (Fsp3) is 0.273. The number of amides is 1. The van der Waals surface area contributed by atoms with E-state index in [1.807, 2.05) is 18.2 Å². The predicted octanol–water partition coefficient (Wildman–Crippen LogP) is 4.10. The summed E-state index contributed by atoms with van der Waals surface area (Å²) in [5.74, 6) is 1.46. The van der Waals surface area contributed by atoms with Crippen molar-refractivity contribution < 1.29 is 23.8 Å². The van der Waals surface area contributed by atoms with Gasteiger partial charge in [0.15, 0.2) is 23.9 Å². The lowest BCUT2D eigenvalue weighted by molar-refractivity contribution is -0.118. The summed E-state index contributed by atoms with van der Waals surface area (Å²) in [6.07, 6.45) is 5.22. The van der Waals surface area contributed by atoms with Crippen molar-refractivity contribution in [1.82, 2.24) is 0 Å². The summed E-state index contributed by atoms with van der Waals surface area (Å²) in [5, 5.41) is 2.70. The van der Waals surface area contributed by atoms with Crippen molar-refractivity contribution in [2.45, 2.75) is 19.8 Å². The Balaban J connectivity index is 1.74. The molecule has 0 atom stereocenters. The highest BCUT2D eigenvalue weighted by molar-refractivity contribution is 6.08. The van der Waals surface area contributed by atoms with Crippen LogP contribution < -0.4 is 19.5 Å². The molecule has 0 spiro atoms. The second-order valence-corrected chi connectivity index (χ2v) is 6.36. The molecule has 2 aromatic carbocycles. The first-order valence-corrected chi connectivity index (χ1v) is 9.20. The molecule has 1 aliphatic rings. The molecule has 28 heavy (non-hydrogen) atoms. The molecule has 6 heteroatoms. The molecule has 1 aliphatic heterocycles.